The third-order valence-electron chi connectivity index (χ3n) is 4.70. The lowest BCUT2D eigenvalue weighted by Gasteiger charge is -2.14. The molecule has 9 nitrogen and oxygen atoms in total. The van der Waals surface area contributed by atoms with Gasteiger partial charge in [0.05, 0.1) is 12.6 Å². The average molecular weight is 427 g/mol. The highest BCUT2D eigenvalue weighted by Crippen LogP contribution is 2.28. The number of carbonyl (C=O) groups excluding carboxylic acids is 2. The van der Waals surface area contributed by atoms with Gasteiger partial charge in [-0.3, -0.25) is 14.2 Å². The molecule has 164 valence electrons. The molecule has 2 amide bonds. The first-order chi connectivity index (χ1) is 14.9. The van der Waals surface area contributed by atoms with Crippen molar-refractivity contribution in [3.05, 3.63) is 58.6 Å². The van der Waals surface area contributed by atoms with Gasteiger partial charge < -0.3 is 24.1 Å². The molecule has 0 saturated heterocycles. The van der Waals surface area contributed by atoms with Crippen LogP contribution in [0.2, 0.25) is 0 Å². The second kappa shape index (κ2) is 9.84. The van der Waals surface area contributed by atoms with E-state index in [9.17, 15) is 14.4 Å². The number of likely N-dealkylation sites (N-methyl/N-ethyl adjacent to an activating group) is 1. The zero-order valence-corrected chi connectivity index (χ0v) is 17.7. The quantitative estimate of drug-likeness (QED) is 0.558. The van der Waals surface area contributed by atoms with Gasteiger partial charge in [0.2, 0.25) is 5.91 Å². The third kappa shape index (κ3) is 5.44. The highest BCUT2D eigenvalue weighted by Gasteiger charge is 2.12. The van der Waals surface area contributed by atoms with Crippen molar-refractivity contribution < 1.29 is 23.5 Å². The number of para-hydroxylation sites is 2. The van der Waals surface area contributed by atoms with Gasteiger partial charge in [-0.15, -0.1) is 0 Å². The van der Waals surface area contributed by atoms with Crippen molar-refractivity contribution in [3.63, 3.8) is 0 Å². The molecule has 0 unspecified atom stereocenters. The van der Waals surface area contributed by atoms with Crippen LogP contribution in [0, 0.1) is 0 Å². The van der Waals surface area contributed by atoms with Gasteiger partial charge in [-0.25, -0.2) is 4.79 Å². The van der Waals surface area contributed by atoms with E-state index in [-0.39, 0.29) is 37.9 Å². The fourth-order valence-electron chi connectivity index (χ4n) is 2.94. The maximum atomic E-state index is 12.3. The Labute approximate surface area is 179 Å². The Balaban J connectivity index is 1.55. The summed E-state index contributed by atoms with van der Waals surface area (Å²) in [6, 6.07) is 12.3. The minimum absolute atomic E-state index is 0.0957. The minimum Gasteiger partial charge on any atom is -0.493 e. The number of benzene rings is 2. The Bertz CT molecular complexity index is 1130. The topological polar surface area (TPSA) is 103 Å². The van der Waals surface area contributed by atoms with E-state index in [0.717, 1.165) is 5.56 Å². The number of amides is 2. The largest absolute Gasteiger partial charge is 0.493 e. The van der Waals surface area contributed by atoms with Gasteiger partial charge in [-0.1, -0.05) is 18.2 Å². The molecule has 0 saturated carbocycles. The van der Waals surface area contributed by atoms with Crippen LogP contribution in [0.3, 0.4) is 0 Å². The first-order valence-corrected chi connectivity index (χ1v) is 9.74. The van der Waals surface area contributed by atoms with Crippen LogP contribution in [0.25, 0.3) is 11.1 Å². The molecule has 1 N–H and O–H groups in total. The number of fused-ring (bicyclic) bond motifs is 1. The van der Waals surface area contributed by atoms with Crippen LogP contribution < -0.4 is 20.5 Å². The molecule has 0 aliphatic rings. The van der Waals surface area contributed by atoms with Crippen molar-refractivity contribution in [3.8, 4) is 11.5 Å². The summed E-state index contributed by atoms with van der Waals surface area (Å²) >= 11 is 0. The minimum atomic E-state index is -0.484. The van der Waals surface area contributed by atoms with Gasteiger partial charge in [0.1, 0.15) is 0 Å². The molecule has 1 heterocycles. The molecule has 0 aliphatic heterocycles. The van der Waals surface area contributed by atoms with Crippen LogP contribution in [-0.2, 0) is 22.7 Å². The number of hydrogen-bond donors (Lipinski definition) is 1. The summed E-state index contributed by atoms with van der Waals surface area (Å²) in [6.45, 7) is 0.409. The Morgan fingerprint density at radius 3 is 2.65 bits per heavy atom. The highest BCUT2D eigenvalue weighted by atomic mass is 16.5. The van der Waals surface area contributed by atoms with Gasteiger partial charge >= 0.3 is 5.76 Å². The van der Waals surface area contributed by atoms with E-state index in [1.807, 2.05) is 6.07 Å². The monoisotopic (exact) mass is 427 g/mol. The molecule has 0 aliphatic carbocycles. The van der Waals surface area contributed by atoms with Gasteiger partial charge in [0, 0.05) is 33.6 Å². The third-order valence-corrected chi connectivity index (χ3v) is 4.70. The molecule has 0 radical (unpaired) electrons. The molecule has 0 spiro atoms. The van der Waals surface area contributed by atoms with Gasteiger partial charge in [0.15, 0.2) is 23.7 Å². The molecule has 1 aromatic heterocycles. The molecule has 31 heavy (non-hydrogen) atoms. The highest BCUT2D eigenvalue weighted by molar-refractivity contribution is 5.77. The molecular weight excluding hydrogens is 402 g/mol. The summed E-state index contributed by atoms with van der Waals surface area (Å²) in [7, 11) is 4.81. The molecule has 9 heteroatoms. The lowest BCUT2D eigenvalue weighted by Crippen LogP contribution is -2.27. The Hall–Kier alpha value is -3.75. The summed E-state index contributed by atoms with van der Waals surface area (Å²) < 4.78 is 17.5. The van der Waals surface area contributed by atoms with E-state index >= 15 is 0 Å². The lowest BCUT2D eigenvalue weighted by atomic mass is 10.2. The predicted molar refractivity (Wildman–Crippen MR) is 114 cm³/mol. The molecule has 2 aromatic carbocycles. The van der Waals surface area contributed by atoms with E-state index in [1.54, 1.807) is 50.5 Å². The molecule has 0 atom stereocenters. The molecule has 3 rings (SSSR count). The smallest absolute Gasteiger partial charge is 0.419 e. The number of carbonyl (C=O) groups is 2. The second-order valence-corrected chi connectivity index (χ2v) is 7.08. The zero-order valence-electron chi connectivity index (χ0n) is 17.7. The van der Waals surface area contributed by atoms with E-state index in [1.165, 1.54) is 16.6 Å². The lowest BCUT2D eigenvalue weighted by molar-refractivity contribution is -0.130. The van der Waals surface area contributed by atoms with Crippen molar-refractivity contribution in [2.24, 2.45) is 0 Å². The number of ether oxygens (including phenoxy) is 2. The average Bonchev–Trinajstić information content (AvgIpc) is 3.09. The van der Waals surface area contributed by atoms with Crippen molar-refractivity contribution in [1.29, 1.82) is 0 Å². The molecular formula is C22H25N3O6. The maximum absolute atomic E-state index is 12.3. The Morgan fingerprint density at radius 1 is 1.13 bits per heavy atom. The van der Waals surface area contributed by atoms with Gasteiger partial charge in [-0.2, -0.15) is 0 Å². The number of aryl methyl sites for hydroxylation is 1. The van der Waals surface area contributed by atoms with E-state index < -0.39 is 5.76 Å². The van der Waals surface area contributed by atoms with E-state index in [0.29, 0.717) is 22.6 Å². The summed E-state index contributed by atoms with van der Waals surface area (Å²) in [5, 5.41) is 2.82. The second-order valence-electron chi connectivity index (χ2n) is 7.08. The Morgan fingerprint density at radius 2 is 1.90 bits per heavy atom. The summed E-state index contributed by atoms with van der Waals surface area (Å²) in [5.74, 6) is 0.0618. The maximum Gasteiger partial charge on any atom is 0.419 e. The number of nitrogens with zero attached hydrogens (tertiary/aromatic N) is 2. The fourth-order valence-corrected chi connectivity index (χ4v) is 2.94. The first kappa shape index (κ1) is 21.9. The standard InChI is InChI=1S/C22H25N3O6/c1-24(2)21(27)14-30-18-9-8-15(12-19(18)29-3)13-23-20(26)10-11-25-16-6-4-5-7-17(16)31-22(25)28/h4-9,12H,10-11,13-14H2,1-3H3,(H,23,26). The zero-order chi connectivity index (χ0) is 22.4. The first-order valence-electron chi connectivity index (χ1n) is 9.74. The van der Waals surface area contributed by atoms with E-state index in [2.05, 4.69) is 5.32 Å². The molecule has 3 aromatic rings. The SMILES string of the molecule is COc1cc(CNC(=O)CCn2c(=O)oc3ccccc32)ccc1OCC(=O)N(C)C. The number of nitrogens with one attached hydrogen (secondary N) is 1. The number of methoxy groups -OCH3 is 1. The van der Waals surface area contributed by atoms with Crippen molar-refractivity contribution in [2.45, 2.75) is 19.5 Å². The summed E-state index contributed by atoms with van der Waals surface area (Å²) in [4.78, 5) is 37.4. The van der Waals surface area contributed by atoms with Crippen LogP contribution in [0.5, 0.6) is 11.5 Å². The Kier molecular flexibility index (Phi) is 6.96. The number of aromatic nitrogens is 1. The van der Waals surface area contributed by atoms with Crippen LogP contribution in [0.4, 0.5) is 0 Å². The van der Waals surface area contributed by atoms with Crippen molar-refractivity contribution in [1.82, 2.24) is 14.8 Å². The molecule has 0 fully saturated rings. The van der Waals surface area contributed by atoms with Gasteiger partial charge in [-0.05, 0) is 29.8 Å². The summed E-state index contributed by atoms with van der Waals surface area (Å²) in [6.07, 6.45) is 0.133. The molecule has 0 bridgehead atoms. The van der Waals surface area contributed by atoms with Crippen LogP contribution in [0.15, 0.2) is 51.7 Å². The van der Waals surface area contributed by atoms with Crippen LogP contribution >= 0.6 is 0 Å². The van der Waals surface area contributed by atoms with E-state index in [4.69, 9.17) is 13.9 Å². The predicted octanol–water partition coefficient (Wildman–Crippen LogP) is 1.78. The number of rotatable bonds is 9. The van der Waals surface area contributed by atoms with Gasteiger partial charge in [0.25, 0.3) is 5.91 Å². The summed E-state index contributed by atoms with van der Waals surface area (Å²) in [5.41, 5.74) is 1.96. The number of oxazole rings is 1. The van der Waals surface area contributed by atoms with Crippen molar-refractivity contribution in [2.75, 3.05) is 27.8 Å². The van der Waals surface area contributed by atoms with Crippen LogP contribution in [0.1, 0.15) is 12.0 Å². The van der Waals surface area contributed by atoms with Crippen molar-refractivity contribution >= 4 is 22.9 Å². The normalized spacial score (nSPS) is 10.7. The van der Waals surface area contributed by atoms with Crippen LogP contribution in [-0.4, -0.2) is 49.1 Å². The fraction of sp³-hybridized carbons (Fsp3) is 0.318. The number of hydrogen-bond acceptors (Lipinski definition) is 6.